The van der Waals surface area contributed by atoms with Crippen molar-refractivity contribution >= 4 is 17.6 Å². The average Bonchev–Trinajstić information content (AvgIpc) is 2.97. The number of carbonyl (C=O) groups is 2. The Labute approximate surface area is 121 Å². The summed E-state index contributed by atoms with van der Waals surface area (Å²) in [5, 5.41) is 10.2. The van der Waals surface area contributed by atoms with Crippen LogP contribution in [0.3, 0.4) is 0 Å². The van der Waals surface area contributed by atoms with Gasteiger partial charge in [0.2, 0.25) is 11.8 Å². The molecule has 110 valence electrons. The standard InChI is InChI=1S/C14H15N3O4/c1-3-11-16-17-13(21-11)9-5-7-10(8-6-9)15-12(18)14(19)20-4-2/h5-8H,3-4H2,1-2H3,(H,15,18). The third-order valence-electron chi connectivity index (χ3n) is 2.62. The van der Waals surface area contributed by atoms with Crippen molar-refractivity contribution in [2.75, 3.05) is 11.9 Å². The van der Waals surface area contributed by atoms with Crippen LogP contribution < -0.4 is 5.32 Å². The molecule has 1 amide bonds. The summed E-state index contributed by atoms with van der Waals surface area (Å²) < 4.78 is 10.0. The monoisotopic (exact) mass is 289 g/mol. The number of rotatable bonds is 4. The number of ether oxygens (including phenoxy) is 1. The van der Waals surface area contributed by atoms with E-state index in [1.54, 1.807) is 31.2 Å². The van der Waals surface area contributed by atoms with Crippen LogP contribution in [0.4, 0.5) is 5.69 Å². The molecule has 1 aromatic carbocycles. The normalized spacial score (nSPS) is 10.2. The van der Waals surface area contributed by atoms with Crippen LogP contribution in [0.1, 0.15) is 19.7 Å². The van der Waals surface area contributed by atoms with E-state index in [-0.39, 0.29) is 6.61 Å². The minimum absolute atomic E-state index is 0.155. The number of aryl methyl sites for hydroxylation is 1. The van der Waals surface area contributed by atoms with E-state index >= 15 is 0 Å². The smallest absolute Gasteiger partial charge is 0.397 e. The number of amides is 1. The molecule has 0 bridgehead atoms. The molecule has 0 unspecified atom stereocenters. The first-order chi connectivity index (χ1) is 10.1. The number of aromatic nitrogens is 2. The predicted molar refractivity (Wildman–Crippen MR) is 74.4 cm³/mol. The minimum Gasteiger partial charge on any atom is -0.459 e. The average molecular weight is 289 g/mol. The van der Waals surface area contributed by atoms with Crippen molar-refractivity contribution in [1.29, 1.82) is 0 Å². The predicted octanol–water partition coefficient (Wildman–Crippen LogP) is 1.80. The lowest BCUT2D eigenvalue weighted by atomic mass is 10.2. The maximum Gasteiger partial charge on any atom is 0.397 e. The molecule has 0 spiro atoms. The number of hydrogen-bond donors (Lipinski definition) is 1. The van der Waals surface area contributed by atoms with Gasteiger partial charge in [0.25, 0.3) is 0 Å². The highest BCUT2D eigenvalue weighted by Crippen LogP contribution is 2.20. The van der Waals surface area contributed by atoms with Crippen molar-refractivity contribution in [2.24, 2.45) is 0 Å². The lowest BCUT2D eigenvalue weighted by Gasteiger charge is -2.04. The summed E-state index contributed by atoms with van der Waals surface area (Å²) in [6.45, 7) is 3.71. The Morgan fingerprint density at radius 2 is 1.90 bits per heavy atom. The molecule has 1 N–H and O–H groups in total. The molecule has 0 saturated heterocycles. The number of nitrogens with zero attached hydrogens (tertiary/aromatic N) is 2. The van der Waals surface area contributed by atoms with E-state index in [0.29, 0.717) is 23.9 Å². The molecule has 2 aromatic rings. The van der Waals surface area contributed by atoms with Gasteiger partial charge in [-0.15, -0.1) is 10.2 Å². The molecule has 7 heteroatoms. The van der Waals surface area contributed by atoms with Gasteiger partial charge in [0.15, 0.2) is 0 Å². The largest absolute Gasteiger partial charge is 0.459 e. The van der Waals surface area contributed by atoms with E-state index in [2.05, 4.69) is 20.3 Å². The van der Waals surface area contributed by atoms with Crippen LogP contribution in [-0.2, 0) is 20.7 Å². The fraction of sp³-hybridized carbons (Fsp3) is 0.286. The summed E-state index contributed by atoms with van der Waals surface area (Å²) in [5.41, 5.74) is 1.21. The summed E-state index contributed by atoms with van der Waals surface area (Å²) in [6.07, 6.45) is 0.667. The van der Waals surface area contributed by atoms with Crippen molar-refractivity contribution in [2.45, 2.75) is 20.3 Å². The number of carbonyl (C=O) groups excluding carboxylic acids is 2. The van der Waals surface area contributed by atoms with Gasteiger partial charge in [0.1, 0.15) is 0 Å². The zero-order valence-corrected chi connectivity index (χ0v) is 11.8. The zero-order valence-electron chi connectivity index (χ0n) is 11.8. The first kappa shape index (κ1) is 14.7. The fourth-order valence-electron chi connectivity index (χ4n) is 1.59. The molecule has 0 aliphatic rings. The van der Waals surface area contributed by atoms with Crippen molar-refractivity contribution in [3.05, 3.63) is 30.2 Å². The van der Waals surface area contributed by atoms with E-state index < -0.39 is 11.9 Å². The van der Waals surface area contributed by atoms with Gasteiger partial charge in [-0.1, -0.05) is 6.92 Å². The second-order valence-corrected chi connectivity index (χ2v) is 4.11. The van der Waals surface area contributed by atoms with Crippen LogP contribution in [0.15, 0.2) is 28.7 Å². The summed E-state index contributed by atoms with van der Waals surface area (Å²) in [5.74, 6) is -0.749. The van der Waals surface area contributed by atoms with E-state index in [1.165, 1.54) is 0 Å². The Hall–Kier alpha value is -2.70. The molecule has 1 aromatic heterocycles. The maximum atomic E-state index is 11.5. The topological polar surface area (TPSA) is 94.3 Å². The van der Waals surface area contributed by atoms with E-state index in [0.717, 1.165) is 5.56 Å². The molecule has 0 saturated carbocycles. The Kier molecular flexibility index (Phi) is 4.65. The van der Waals surface area contributed by atoms with Gasteiger partial charge >= 0.3 is 11.9 Å². The van der Waals surface area contributed by atoms with Crippen molar-refractivity contribution < 1.29 is 18.7 Å². The summed E-state index contributed by atoms with van der Waals surface area (Å²) in [7, 11) is 0. The van der Waals surface area contributed by atoms with Gasteiger partial charge in [-0.3, -0.25) is 4.79 Å². The van der Waals surface area contributed by atoms with Gasteiger partial charge in [0, 0.05) is 17.7 Å². The quantitative estimate of drug-likeness (QED) is 0.681. The van der Waals surface area contributed by atoms with Gasteiger partial charge in [-0.25, -0.2) is 4.79 Å². The van der Waals surface area contributed by atoms with Crippen LogP contribution >= 0.6 is 0 Å². The third-order valence-corrected chi connectivity index (χ3v) is 2.62. The lowest BCUT2D eigenvalue weighted by Crippen LogP contribution is -2.24. The number of nitrogens with one attached hydrogen (secondary N) is 1. The maximum absolute atomic E-state index is 11.5. The molecule has 0 radical (unpaired) electrons. The zero-order chi connectivity index (χ0) is 15.2. The first-order valence-electron chi connectivity index (χ1n) is 6.55. The Morgan fingerprint density at radius 1 is 1.19 bits per heavy atom. The molecule has 0 fully saturated rings. The molecule has 7 nitrogen and oxygen atoms in total. The second-order valence-electron chi connectivity index (χ2n) is 4.11. The van der Waals surface area contributed by atoms with Crippen LogP contribution in [0.5, 0.6) is 0 Å². The molecule has 1 heterocycles. The Morgan fingerprint density at radius 3 is 2.48 bits per heavy atom. The van der Waals surface area contributed by atoms with Crippen LogP contribution in [0, 0.1) is 0 Å². The van der Waals surface area contributed by atoms with E-state index in [4.69, 9.17) is 4.42 Å². The Bertz CT molecular complexity index is 634. The van der Waals surface area contributed by atoms with Gasteiger partial charge in [-0.2, -0.15) is 0 Å². The van der Waals surface area contributed by atoms with Crippen LogP contribution in [-0.4, -0.2) is 28.7 Å². The number of esters is 1. The highest BCUT2D eigenvalue weighted by atomic mass is 16.5. The highest BCUT2D eigenvalue weighted by molar-refractivity contribution is 6.37. The van der Waals surface area contributed by atoms with Crippen LogP contribution in [0.25, 0.3) is 11.5 Å². The van der Waals surface area contributed by atoms with E-state index in [1.807, 2.05) is 6.92 Å². The Balaban J connectivity index is 2.05. The van der Waals surface area contributed by atoms with Gasteiger partial charge in [0.05, 0.1) is 6.61 Å². The highest BCUT2D eigenvalue weighted by Gasteiger charge is 2.15. The molecule has 21 heavy (non-hydrogen) atoms. The SMILES string of the molecule is CCOC(=O)C(=O)Nc1ccc(-c2nnc(CC)o2)cc1. The van der Waals surface area contributed by atoms with Gasteiger partial charge < -0.3 is 14.5 Å². The van der Waals surface area contributed by atoms with Crippen molar-refractivity contribution in [1.82, 2.24) is 10.2 Å². The molecule has 2 rings (SSSR count). The first-order valence-corrected chi connectivity index (χ1v) is 6.55. The van der Waals surface area contributed by atoms with Gasteiger partial charge in [-0.05, 0) is 31.2 Å². The number of anilines is 1. The third kappa shape index (κ3) is 3.65. The van der Waals surface area contributed by atoms with Crippen LogP contribution in [0.2, 0.25) is 0 Å². The summed E-state index contributed by atoms with van der Waals surface area (Å²) >= 11 is 0. The molecule has 0 atom stereocenters. The lowest BCUT2D eigenvalue weighted by molar-refractivity contribution is -0.152. The van der Waals surface area contributed by atoms with Crippen molar-refractivity contribution in [3.8, 4) is 11.5 Å². The summed E-state index contributed by atoms with van der Waals surface area (Å²) in [6, 6.07) is 6.71. The minimum atomic E-state index is -0.911. The molecule has 0 aliphatic heterocycles. The number of hydrogen-bond acceptors (Lipinski definition) is 6. The van der Waals surface area contributed by atoms with E-state index in [9.17, 15) is 9.59 Å². The fourth-order valence-corrected chi connectivity index (χ4v) is 1.59. The van der Waals surface area contributed by atoms with Crippen molar-refractivity contribution in [3.63, 3.8) is 0 Å². The molecular formula is C14H15N3O4. The second kappa shape index (κ2) is 6.65. The molecular weight excluding hydrogens is 274 g/mol. The number of benzene rings is 1. The summed E-state index contributed by atoms with van der Waals surface area (Å²) in [4.78, 5) is 22.7. The molecule has 0 aliphatic carbocycles.